The number of benzene rings is 1. The minimum absolute atomic E-state index is 0.0246. The molecule has 1 aliphatic heterocycles. The van der Waals surface area contributed by atoms with Crippen LogP contribution in [0.2, 0.25) is 0 Å². The summed E-state index contributed by atoms with van der Waals surface area (Å²) >= 11 is 0. The molecule has 0 N–H and O–H groups in total. The third kappa shape index (κ3) is 2.28. The molecule has 2 rings (SSSR count). The number of aryl methyl sites for hydroxylation is 1. The fourth-order valence-corrected chi connectivity index (χ4v) is 3.25. The van der Waals surface area contributed by atoms with Crippen LogP contribution in [0, 0.1) is 6.92 Å². The lowest BCUT2D eigenvalue weighted by Gasteiger charge is -2.08. The zero-order chi connectivity index (χ0) is 12.6. The van der Waals surface area contributed by atoms with Gasteiger partial charge in [-0.3, -0.25) is 0 Å². The lowest BCUT2D eigenvalue weighted by Crippen LogP contribution is -2.10. The first-order valence-electron chi connectivity index (χ1n) is 5.59. The van der Waals surface area contributed by atoms with Crippen molar-refractivity contribution >= 4 is 15.9 Å². The zero-order valence-corrected chi connectivity index (χ0v) is 11.0. The summed E-state index contributed by atoms with van der Waals surface area (Å²) in [6, 6.07) is 5.37. The molecule has 1 aromatic rings. The molecule has 0 saturated carbocycles. The smallest absolute Gasteiger partial charge is 0.205 e. The standard InChI is InChI=1S/C13H16O3S/c1-9(2)16-8-12-7-11-6-10(3)4-5-13(11)17(12,14)15/h4-7,9H,8H2,1-3H3. The van der Waals surface area contributed by atoms with Gasteiger partial charge in [0.1, 0.15) is 0 Å². The van der Waals surface area contributed by atoms with Crippen molar-refractivity contribution < 1.29 is 13.2 Å². The number of hydrogen-bond acceptors (Lipinski definition) is 3. The molecule has 0 radical (unpaired) electrons. The third-order valence-corrected chi connectivity index (χ3v) is 4.55. The number of fused-ring (bicyclic) bond motifs is 1. The van der Waals surface area contributed by atoms with E-state index in [2.05, 4.69) is 0 Å². The van der Waals surface area contributed by atoms with E-state index in [1.165, 1.54) is 0 Å². The topological polar surface area (TPSA) is 43.4 Å². The number of rotatable bonds is 3. The van der Waals surface area contributed by atoms with Gasteiger partial charge in [-0.1, -0.05) is 17.7 Å². The summed E-state index contributed by atoms with van der Waals surface area (Å²) in [6.45, 7) is 5.87. The summed E-state index contributed by atoms with van der Waals surface area (Å²) in [5.74, 6) is 0. The van der Waals surface area contributed by atoms with Crippen LogP contribution < -0.4 is 0 Å². The van der Waals surface area contributed by atoms with E-state index in [0.717, 1.165) is 11.1 Å². The SMILES string of the molecule is Cc1ccc2c(c1)C=C(COC(C)C)S2(=O)=O. The molecule has 0 fully saturated rings. The fourth-order valence-electron chi connectivity index (χ4n) is 1.79. The highest BCUT2D eigenvalue weighted by molar-refractivity contribution is 7.95. The van der Waals surface area contributed by atoms with Gasteiger partial charge in [0.25, 0.3) is 0 Å². The van der Waals surface area contributed by atoms with Gasteiger partial charge in [-0.2, -0.15) is 0 Å². The van der Waals surface area contributed by atoms with Gasteiger partial charge in [0.15, 0.2) is 0 Å². The minimum Gasteiger partial charge on any atom is -0.373 e. The maximum atomic E-state index is 12.2. The quantitative estimate of drug-likeness (QED) is 0.830. The van der Waals surface area contributed by atoms with Gasteiger partial charge in [-0.05, 0) is 38.5 Å². The van der Waals surface area contributed by atoms with Crippen LogP contribution in [0.5, 0.6) is 0 Å². The molecule has 0 atom stereocenters. The van der Waals surface area contributed by atoms with E-state index in [4.69, 9.17) is 4.74 Å². The highest BCUT2D eigenvalue weighted by Gasteiger charge is 2.29. The molecular formula is C13H16O3S. The van der Waals surface area contributed by atoms with Crippen molar-refractivity contribution in [2.24, 2.45) is 0 Å². The van der Waals surface area contributed by atoms with Gasteiger partial charge in [0.05, 0.1) is 22.5 Å². The molecule has 1 heterocycles. The molecule has 0 spiro atoms. The number of sulfone groups is 1. The summed E-state index contributed by atoms with van der Waals surface area (Å²) in [5, 5.41) is 0. The first-order valence-corrected chi connectivity index (χ1v) is 7.07. The van der Waals surface area contributed by atoms with Crippen LogP contribution in [0.4, 0.5) is 0 Å². The van der Waals surface area contributed by atoms with Crippen LogP contribution in [-0.2, 0) is 14.6 Å². The Kier molecular flexibility index (Phi) is 3.10. The lowest BCUT2D eigenvalue weighted by molar-refractivity contribution is 0.101. The van der Waals surface area contributed by atoms with Crippen LogP contribution in [0.25, 0.3) is 6.08 Å². The molecule has 3 nitrogen and oxygen atoms in total. The molecule has 0 unspecified atom stereocenters. The molecule has 0 bridgehead atoms. The summed E-state index contributed by atoms with van der Waals surface area (Å²) in [7, 11) is -3.32. The Morgan fingerprint density at radius 2 is 2.00 bits per heavy atom. The van der Waals surface area contributed by atoms with E-state index in [0.29, 0.717) is 9.80 Å². The Morgan fingerprint density at radius 1 is 1.29 bits per heavy atom. The molecule has 0 aromatic heterocycles. The van der Waals surface area contributed by atoms with Crippen LogP contribution >= 0.6 is 0 Å². The van der Waals surface area contributed by atoms with Crippen molar-refractivity contribution in [2.75, 3.05) is 6.61 Å². The van der Waals surface area contributed by atoms with Crippen molar-refractivity contribution in [3.8, 4) is 0 Å². The highest BCUT2D eigenvalue weighted by atomic mass is 32.2. The van der Waals surface area contributed by atoms with Crippen LogP contribution in [0.15, 0.2) is 28.0 Å². The van der Waals surface area contributed by atoms with Crippen molar-refractivity contribution in [3.63, 3.8) is 0 Å². The highest BCUT2D eigenvalue weighted by Crippen LogP contribution is 2.33. The van der Waals surface area contributed by atoms with E-state index >= 15 is 0 Å². The second-order valence-electron chi connectivity index (χ2n) is 4.52. The Morgan fingerprint density at radius 3 is 2.65 bits per heavy atom. The fraction of sp³-hybridized carbons (Fsp3) is 0.385. The first-order chi connectivity index (χ1) is 7.91. The van der Waals surface area contributed by atoms with E-state index in [1.54, 1.807) is 12.1 Å². The molecule has 4 heteroatoms. The number of hydrogen-bond donors (Lipinski definition) is 0. The van der Waals surface area contributed by atoms with Gasteiger partial charge in [-0.15, -0.1) is 0 Å². The van der Waals surface area contributed by atoms with E-state index in [9.17, 15) is 8.42 Å². The summed E-state index contributed by atoms with van der Waals surface area (Å²) in [6.07, 6.45) is 1.73. The largest absolute Gasteiger partial charge is 0.373 e. The predicted octanol–water partition coefficient (Wildman–Crippen LogP) is 2.55. The van der Waals surface area contributed by atoms with E-state index < -0.39 is 9.84 Å². The lowest BCUT2D eigenvalue weighted by atomic mass is 10.1. The van der Waals surface area contributed by atoms with Gasteiger partial charge >= 0.3 is 0 Å². The molecule has 0 amide bonds. The summed E-state index contributed by atoms with van der Waals surface area (Å²) in [5.41, 5.74) is 1.83. The summed E-state index contributed by atoms with van der Waals surface area (Å²) < 4.78 is 29.7. The number of ether oxygens (including phenoxy) is 1. The van der Waals surface area contributed by atoms with Gasteiger partial charge in [-0.25, -0.2) is 8.42 Å². The maximum absolute atomic E-state index is 12.2. The molecule has 17 heavy (non-hydrogen) atoms. The zero-order valence-electron chi connectivity index (χ0n) is 10.2. The van der Waals surface area contributed by atoms with Gasteiger partial charge in [0.2, 0.25) is 9.84 Å². The average molecular weight is 252 g/mol. The minimum atomic E-state index is -3.32. The maximum Gasteiger partial charge on any atom is 0.205 e. The molecule has 0 aliphatic carbocycles. The van der Waals surface area contributed by atoms with Crippen molar-refractivity contribution in [3.05, 3.63) is 34.2 Å². The molecule has 92 valence electrons. The Bertz CT molecular complexity index is 568. The van der Waals surface area contributed by atoms with Crippen LogP contribution in [0.3, 0.4) is 0 Å². The third-order valence-electron chi connectivity index (χ3n) is 2.68. The Balaban J connectivity index is 2.37. The van der Waals surface area contributed by atoms with Gasteiger partial charge < -0.3 is 4.74 Å². The van der Waals surface area contributed by atoms with Crippen LogP contribution in [0.1, 0.15) is 25.0 Å². The molecule has 1 aromatic carbocycles. The second kappa shape index (κ2) is 4.27. The van der Waals surface area contributed by atoms with E-state index in [-0.39, 0.29) is 12.7 Å². The van der Waals surface area contributed by atoms with Crippen LogP contribution in [-0.4, -0.2) is 21.1 Å². The first kappa shape index (κ1) is 12.3. The molecule has 0 saturated heterocycles. The monoisotopic (exact) mass is 252 g/mol. The van der Waals surface area contributed by atoms with Crippen molar-refractivity contribution in [2.45, 2.75) is 31.8 Å². The van der Waals surface area contributed by atoms with Crippen molar-refractivity contribution in [1.29, 1.82) is 0 Å². The Hall–Kier alpha value is -1.13. The van der Waals surface area contributed by atoms with Crippen molar-refractivity contribution in [1.82, 2.24) is 0 Å². The predicted molar refractivity (Wildman–Crippen MR) is 67.4 cm³/mol. The Labute approximate surface area is 102 Å². The normalized spacial score (nSPS) is 17.1. The second-order valence-corrected chi connectivity index (χ2v) is 6.49. The summed E-state index contributed by atoms with van der Waals surface area (Å²) in [4.78, 5) is 0.747. The van der Waals surface area contributed by atoms with E-state index in [1.807, 2.05) is 32.9 Å². The van der Waals surface area contributed by atoms with Gasteiger partial charge in [0, 0.05) is 0 Å². The average Bonchev–Trinajstić information content (AvgIpc) is 2.46. The molecule has 1 aliphatic rings. The molecular weight excluding hydrogens is 236 g/mol.